The highest BCUT2D eigenvalue weighted by Gasteiger charge is 2.18. The zero-order valence-electron chi connectivity index (χ0n) is 20.3. The lowest BCUT2D eigenvalue weighted by Gasteiger charge is -2.32. The van der Waals surface area contributed by atoms with Crippen molar-refractivity contribution in [2.75, 3.05) is 37.7 Å². The third-order valence-electron chi connectivity index (χ3n) is 6.62. The lowest BCUT2D eigenvalue weighted by molar-refractivity contribution is 0.203. The number of aromatic amines is 1. The van der Waals surface area contributed by atoms with E-state index >= 15 is 0 Å². The van der Waals surface area contributed by atoms with Gasteiger partial charge in [-0.1, -0.05) is 24.3 Å². The van der Waals surface area contributed by atoms with Crippen LogP contribution >= 0.6 is 24.0 Å². The first kappa shape index (κ1) is 26.3. The Morgan fingerprint density at radius 1 is 1.12 bits per heavy atom. The Hall–Kier alpha value is -2.26. The summed E-state index contributed by atoms with van der Waals surface area (Å²) < 4.78 is 0. The molecule has 0 spiro atoms. The van der Waals surface area contributed by atoms with Gasteiger partial charge in [0, 0.05) is 55.6 Å². The molecule has 1 saturated heterocycles. The highest BCUT2D eigenvalue weighted by Crippen LogP contribution is 2.24. The summed E-state index contributed by atoms with van der Waals surface area (Å²) in [5, 5.41) is 17.5. The number of benzene rings is 2. The fourth-order valence-corrected chi connectivity index (χ4v) is 4.66. The summed E-state index contributed by atoms with van der Waals surface area (Å²) in [4.78, 5) is 10.6. The molecule has 0 amide bonds. The maximum Gasteiger partial charge on any atom is 0.191 e. The molecule has 34 heavy (non-hydrogen) atoms. The number of aliphatic hydroxyl groups excluding tert-OH is 1. The maximum atomic E-state index is 9.34. The van der Waals surface area contributed by atoms with Gasteiger partial charge in [-0.25, -0.2) is 4.99 Å². The van der Waals surface area contributed by atoms with Crippen molar-refractivity contribution in [3.8, 4) is 0 Å². The summed E-state index contributed by atoms with van der Waals surface area (Å²) in [6.45, 7) is 8.93. The zero-order valence-corrected chi connectivity index (χ0v) is 22.6. The molecule has 0 aliphatic carbocycles. The second kappa shape index (κ2) is 13.0. The van der Waals surface area contributed by atoms with Crippen molar-refractivity contribution in [3.63, 3.8) is 0 Å². The molecule has 0 unspecified atom stereocenters. The molecule has 0 saturated carbocycles. The van der Waals surface area contributed by atoms with Crippen molar-refractivity contribution < 1.29 is 5.11 Å². The van der Waals surface area contributed by atoms with E-state index < -0.39 is 0 Å². The highest BCUT2D eigenvalue weighted by atomic mass is 127. The number of hydrogen-bond donors (Lipinski definition) is 4. The van der Waals surface area contributed by atoms with E-state index in [1.165, 1.54) is 33.3 Å². The number of aliphatic imine (C=N–C) groups is 1. The van der Waals surface area contributed by atoms with Gasteiger partial charge in [0.05, 0.1) is 6.54 Å². The predicted molar refractivity (Wildman–Crippen MR) is 153 cm³/mol. The minimum atomic E-state index is 0. The number of aromatic nitrogens is 1. The van der Waals surface area contributed by atoms with Gasteiger partial charge in [-0.15, -0.1) is 24.0 Å². The van der Waals surface area contributed by atoms with Gasteiger partial charge >= 0.3 is 0 Å². The third kappa shape index (κ3) is 6.66. The average Bonchev–Trinajstić information content (AvgIpc) is 3.27. The Kier molecular flexibility index (Phi) is 10.1. The molecule has 1 aliphatic heterocycles. The molecule has 0 radical (unpaired) electrons. The number of piperidine rings is 1. The quantitative estimate of drug-likeness (QED) is 0.180. The van der Waals surface area contributed by atoms with E-state index in [9.17, 15) is 5.11 Å². The molecule has 2 aromatic carbocycles. The van der Waals surface area contributed by atoms with Crippen LogP contribution in [-0.4, -0.2) is 48.8 Å². The summed E-state index contributed by atoms with van der Waals surface area (Å²) >= 11 is 0. The number of halogens is 1. The summed E-state index contributed by atoms with van der Waals surface area (Å²) in [5.41, 5.74) is 6.31. The van der Waals surface area contributed by atoms with Crippen LogP contribution in [0.4, 0.5) is 5.69 Å². The molecule has 1 fully saturated rings. The summed E-state index contributed by atoms with van der Waals surface area (Å²) in [6, 6.07) is 15.1. The third-order valence-corrected chi connectivity index (χ3v) is 6.62. The Balaban J connectivity index is 0.00000324. The van der Waals surface area contributed by atoms with Crippen molar-refractivity contribution >= 4 is 46.5 Å². The van der Waals surface area contributed by atoms with E-state index in [4.69, 9.17) is 4.99 Å². The summed E-state index contributed by atoms with van der Waals surface area (Å²) in [6.07, 6.45) is 5.20. The van der Waals surface area contributed by atoms with Crippen molar-refractivity contribution in [1.29, 1.82) is 0 Å². The molecule has 184 valence electrons. The monoisotopic (exact) mass is 575 g/mol. The van der Waals surface area contributed by atoms with Crippen LogP contribution in [0.1, 0.15) is 36.5 Å². The van der Waals surface area contributed by atoms with Crippen molar-refractivity contribution in [3.05, 3.63) is 65.4 Å². The number of aryl methyl sites for hydroxylation is 1. The van der Waals surface area contributed by atoms with E-state index in [1.54, 1.807) is 0 Å². The van der Waals surface area contributed by atoms with Crippen LogP contribution in [0, 0.1) is 12.8 Å². The van der Waals surface area contributed by atoms with Crippen molar-refractivity contribution in [2.24, 2.45) is 10.9 Å². The fraction of sp³-hybridized carbons (Fsp3) is 0.444. The number of anilines is 1. The lowest BCUT2D eigenvalue weighted by Crippen LogP contribution is -2.38. The van der Waals surface area contributed by atoms with Gasteiger partial charge < -0.3 is 25.6 Å². The number of hydrogen-bond acceptors (Lipinski definition) is 3. The Bertz CT molecular complexity index is 1050. The number of aliphatic hydroxyl groups is 1. The van der Waals surface area contributed by atoms with E-state index in [2.05, 4.69) is 83.0 Å². The van der Waals surface area contributed by atoms with Gasteiger partial charge in [-0.2, -0.15) is 0 Å². The van der Waals surface area contributed by atoms with E-state index in [1.807, 2.05) is 0 Å². The zero-order chi connectivity index (χ0) is 23.0. The first-order valence-electron chi connectivity index (χ1n) is 12.2. The van der Waals surface area contributed by atoms with Crippen LogP contribution in [0.2, 0.25) is 0 Å². The number of H-pyrrole nitrogens is 1. The van der Waals surface area contributed by atoms with Crippen LogP contribution in [-0.2, 0) is 13.0 Å². The van der Waals surface area contributed by atoms with Gasteiger partial charge in [0.1, 0.15) is 0 Å². The molecule has 0 atom stereocenters. The predicted octanol–water partition coefficient (Wildman–Crippen LogP) is 4.60. The van der Waals surface area contributed by atoms with E-state index in [0.29, 0.717) is 19.1 Å². The van der Waals surface area contributed by atoms with Gasteiger partial charge in [0.2, 0.25) is 0 Å². The topological polar surface area (TPSA) is 75.7 Å². The standard InChI is InChI=1S/C27H37N5O.HI/c1-3-28-27(29-14-11-23-18-30-25-6-4-5-20(2)26(23)25)31-17-21-7-9-24(10-8-21)32-15-12-22(19-33)13-16-32;/h4-10,18,22,30,33H,3,11-17,19H2,1-2H3,(H2,28,29,31);1H. The van der Waals surface area contributed by atoms with Crippen LogP contribution in [0.5, 0.6) is 0 Å². The molecule has 7 heteroatoms. The Labute approximate surface area is 220 Å². The average molecular weight is 576 g/mol. The van der Waals surface area contributed by atoms with E-state index in [0.717, 1.165) is 51.4 Å². The van der Waals surface area contributed by atoms with Gasteiger partial charge in [-0.3, -0.25) is 0 Å². The summed E-state index contributed by atoms with van der Waals surface area (Å²) in [7, 11) is 0. The summed E-state index contributed by atoms with van der Waals surface area (Å²) in [5.74, 6) is 1.32. The first-order chi connectivity index (χ1) is 16.2. The first-order valence-corrected chi connectivity index (χ1v) is 12.2. The smallest absolute Gasteiger partial charge is 0.191 e. The maximum absolute atomic E-state index is 9.34. The largest absolute Gasteiger partial charge is 0.396 e. The molecule has 4 N–H and O–H groups in total. The van der Waals surface area contributed by atoms with Crippen LogP contribution < -0.4 is 15.5 Å². The number of nitrogens with zero attached hydrogens (tertiary/aromatic N) is 2. The molecule has 2 heterocycles. The van der Waals surface area contributed by atoms with E-state index in [-0.39, 0.29) is 24.0 Å². The van der Waals surface area contributed by atoms with Crippen LogP contribution in [0.15, 0.2) is 53.7 Å². The molecule has 1 aromatic heterocycles. The van der Waals surface area contributed by atoms with Gasteiger partial charge in [0.15, 0.2) is 5.96 Å². The molecule has 6 nitrogen and oxygen atoms in total. The SMILES string of the molecule is CCNC(=NCc1ccc(N2CCC(CO)CC2)cc1)NCCc1c[nH]c2cccc(C)c12.I. The molecule has 1 aliphatic rings. The van der Waals surface area contributed by atoms with Gasteiger partial charge in [0.25, 0.3) is 0 Å². The van der Waals surface area contributed by atoms with Crippen molar-refractivity contribution in [2.45, 2.75) is 39.7 Å². The number of fused-ring (bicyclic) bond motifs is 1. The highest BCUT2D eigenvalue weighted by molar-refractivity contribution is 14.0. The second-order valence-electron chi connectivity index (χ2n) is 8.96. The normalized spacial score (nSPS) is 14.8. The molecular weight excluding hydrogens is 537 g/mol. The molecular formula is C27H38IN5O. The number of rotatable bonds is 8. The number of guanidine groups is 1. The Morgan fingerprint density at radius 2 is 1.88 bits per heavy atom. The minimum Gasteiger partial charge on any atom is -0.396 e. The van der Waals surface area contributed by atoms with Crippen molar-refractivity contribution in [1.82, 2.24) is 15.6 Å². The van der Waals surface area contributed by atoms with Crippen LogP contribution in [0.25, 0.3) is 10.9 Å². The van der Waals surface area contributed by atoms with Gasteiger partial charge in [-0.05, 0) is 73.9 Å². The Morgan fingerprint density at radius 3 is 2.59 bits per heavy atom. The number of nitrogens with one attached hydrogen (secondary N) is 3. The molecule has 4 rings (SSSR count). The van der Waals surface area contributed by atoms with Crippen LogP contribution in [0.3, 0.4) is 0 Å². The second-order valence-corrected chi connectivity index (χ2v) is 8.96. The minimum absolute atomic E-state index is 0. The fourth-order valence-electron chi connectivity index (χ4n) is 4.66. The lowest BCUT2D eigenvalue weighted by atomic mass is 9.97. The molecule has 0 bridgehead atoms. The molecule has 3 aromatic rings.